The minimum absolute atomic E-state index is 0.0239. The lowest BCUT2D eigenvalue weighted by Gasteiger charge is -2.46. The number of rotatable bonds is 13. The SMILES string of the molecule is CC(C)(C)c1ccc(-c2ccccc2N2c3cc4c(cc3B3c5ccccc5N(c5ccccc5)c5cc(N(c6ccc(-c7ccccc7)cc6)c6ccc(-c7ccccc7)cc6)cc2c53)B2c3ccccc3Sc3cc(N(c5ccc(-c6ccccc6)cc5)c5ccc(-c6ccccc6)cc5)cc(c32)S4)cc1. The molecule has 0 radical (unpaired) electrons. The van der Waals surface area contributed by atoms with Crippen LogP contribution in [0.2, 0.25) is 0 Å². The Balaban J connectivity index is 0.831. The van der Waals surface area contributed by atoms with Crippen molar-refractivity contribution in [3.05, 3.63) is 388 Å². The van der Waals surface area contributed by atoms with Crippen LogP contribution in [0.15, 0.2) is 402 Å². The van der Waals surface area contributed by atoms with E-state index in [9.17, 15) is 0 Å². The number of fused-ring (bicyclic) bond motifs is 8. The molecule has 0 aromatic heterocycles. The highest BCUT2D eigenvalue weighted by Crippen LogP contribution is 2.53. The van der Waals surface area contributed by atoms with Gasteiger partial charge in [0.1, 0.15) is 0 Å². The highest BCUT2D eigenvalue weighted by atomic mass is 32.2. The summed E-state index contributed by atoms with van der Waals surface area (Å²) in [6, 6.07) is 143. The topological polar surface area (TPSA) is 13.0 Å². The Hall–Kier alpha value is -12.5. The van der Waals surface area contributed by atoms with Gasteiger partial charge >= 0.3 is 0 Å². The molecule has 4 heterocycles. The molecular weight excluding hydrogens is 1340 g/mol. The summed E-state index contributed by atoms with van der Waals surface area (Å²) in [4.78, 5) is 15.2. The number of anilines is 12. The third-order valence-electron chi connectivity index (χ3n) is 22.1. The van der Waals surface area contributed by atoms with Gasteiger partial charge in [-0.1, -0.05) is 328 Å². The van der Waals surface area contributed by atoms with Gasteiger partial charge in [0.15, 0.2) is 0 Å². The number of benzene rings is 16. The van der Waals surface area contributed by atoms with Gasteiger partial charge in [-0.15, -0.1) is 0 Å². The molecule has 0 atom stereocenters. The molecule has 0 aliphatic carbocycles. The van der Waals surface area contributed by atoms with Crippen molar-refractivity contribution in [3.8, 4) is 55.6 Å². The molecular formula is C100H72B2N4S2. The maximum atomic E-state index is 2.66. The predicted molar refractivity (Wildman–Crippen MR) is 461 cm³/mol. The quantitative estimate of drug-likeness (QED) is 0.106. The molecule has 0 N–H and O–H groups in total. The van der Waals surface area contributed by atoms with E-state index in [2.05, 4.69) is 423 Å². The Kier molecular flexibility index (Phi) is 16.2. The van der Waals surface area contributed by atoms with Gasteiger partial charge in [-0.2, -0.15) is 0 Å². The van der Waals surface area contributed by atoms with Crippen molar-refractivity contribution in [2.75, 3.05) is 19.6 Å². The largest absolute Gasteiger partial charge is 0.311 e. The lowest BCUT2D eigenvalue weighted by Crippen LogP contribution is -2.64. The fourth-order valence-corrected chi connectivity index (χ4v) is 19.4. The molecule has 4 aliphatic heterocycles. The number of hydrogen-bond acceptors (Lipinski definition) is 6. The molecule has 4 nitrogen and oxygen atoms in total. The first-order chi connectivity index (χ1) is 53.2. The number of para-hydroxylation sites is 3. The lowest BCUT2D eigenvalue weighted by molar-refractivity contribution is 0.590. The van der Waals surface area contributed by atoms with Crippen LogP contribution in [0.25, 0.3) is 55.6 Å². The molecule has 0 bridgehead atoms. The van der Waals surface area contributed by atoms with Gasteiger partial charge in [-0.3, -0.25) is 0 Å². The molecule has 8 heteroatoms. The van der Waals surface area contributed by atoms with Crippen molar-refractivity contribution in [3.63, 3.8) is 0 Å². The van der Waals surface area contributed by atoms with Crippen LogP contribution in [0.3, 0.4) is 0 Å². The molecule has 0 fully saturated rings. The third-order valence-corrected chi connectivity index (χ3v) is 24.4. The molecule has 108 heavy (non-hydrogen) atoms. The lowest BCUT2D eigenvalue weighted by atomic mass is 9.31. The van der Waals surface area contributed by atoms with Crippen molar-refractivity contribution in [2.45, 2.75) is 45.8 Å². The van der Waals surface area contributed by atoms with E-state index in [1.165, 1.54) is 91.3 Å². The molecule has 0 saturated carbocycles. The first-order valence-corrected chi connectivity index (χ1v) is 39.0. The summed E-state index contributed by atoms with van der Waals surface area (Å²) >= 11 is 3.84. The number of nitrogens with zero attached hydrogens (tertiary/aromatic N) is 4. The molecule has 20 rings (SSSR count). The van der Waals surface area contributed by atoms with E-state index in [-0.39, 0.29) is 18.8 Å². The maximum absolute atomic E-state index is 2.66. The molecule has 16 aromatic rings. The monoisotopic (exact) mass is 1410 g/mol. The Bertz CT molecular complexity index is 5910. The molecule has 16 aromatic carbocycles. The fraction of sp³-hybridized carbons (Fsp3) is 0.0400. The fourth-order valence-electron chi connectivity index (χ4n) is 16.9. The van der Waals surface area contributed by atoms with Crippen molar-refractivity contribution < 1.29 is 0 Å². The van der Waals surface area contributed by atoms with Crippen LogP contribution in [0.5, 0.6) is 0 Å². The molecule has 0 spiro atoms. The van der Waals surface area contributed by atoms with E-state index in [0.29, 0.717) is 0 Å². The summed E-state index contributed by atoms with van der Waals surface area (Å²) in [6.45, 7) is 6.69. The second-order valence-corrected chi connectivity index (χ2v) is 31.7. The summed E-state index contributed by atoms with van der Waals surface area (Å²) < 4.78 is 0. The van der Waals surface area contributed by atoms with Gasteiger partial charge in [0, 0.05) is 82.0 Å². The van der Waals surface area contributed by atoms with E-state index in [4.69, 9.17) is 0 Å². The van der Waals surface area contributed by atoms with Gasteiger partial charge in [-0.05, 0) is 192 Å². The van der Waals surface area contributed by atoms with Crippen molar-refractivity contribution in [2.24, 2.45) is 0 Å². The zero-order valence-corrected chi connectivity index (χ0v) is 61.8. The summed E-state index contributed by atoms with van der Waals surface area (Å²) in [5.74, 6) is 0. The van der Waals surface area contributed by atoms with Gasteiger partial charge in [0.2, 0.25) is 6.71 Å². The van der Waals surface area contributed by atoms with E-state index in [1.807, 2.05) is 23.5 Å². The zero-order valence-electron chi connectivity index (χ0n) is 60.1. The summed E-state index contributed by atoms with van der Waals surface area (Å²) in [5.41, 5.74) is 34.1. The van der Waals surface area contributed by atoms with Crippen LogP contribution >= 0.6 is 23.5 Å². The van der Waals surface area contributed by atoms with Gasteiger partial charge in [0.25, 0.3) is 6.71 Å². The number of hydrogen-bond donors (Lipinski definition) is 0. The average Bonchev–Trinajstić information content (AvgIpc) is 0.689. The minimum atomic E-state index is -0.171. The van der Waals surface area contributed by atoms with Crippen LogP contribution in [0.4, 0.5) is 68.2 Å². The normalized spacial score (nSPS) is 12.8. The zero-order chi connectivity index (χ0) is 72.0. The smallest absolute Gasteiger partial charge is 0.252 e. The first-order valence-electron chi connectivity index (χ1n) is 37.3. The Labute approximate surface area is 642 Å². The molecule has 510 valence electrons. The molecule has 0 unspecified atom stereocenters. The highest BCUT2D eigenvalue weighted by molar-refractivity contribution is 8.01. The second kappa shape index (κ2) is 26.9. The van der Waals surface area contributed by atoms with E-state index in [0.717, 1.165) is 90.5 Å². The maximum Gasteiger partial charge on any atom is 0.252 e. The van der Waals surface area contributed by atoms with Crippen LogP contribution in [-0.4, -0.2) is 13.4 Å². The van der Waals surface area contributed by atoms with Gasteiger partial charge in [-0.25, -0.2) is 0 Å². The van der Waals surface area contributed by atoms with Crippen LogP contribution in [-0.2, 0) is 5.41 Å². The van der Waals surface area contributed by atoms with E-state index >= 15 is 0 Å². The van der Waals surface area contributed by atoms with E-state index < -0.39 is 0 Å². The third kappa shape index (κ3) is 11.4. The van der Waals surface area contributed by atoms with Crippen molar-refractivity contribution in [1.82, 2.24) is 0 Å². The predicted octanol–water partition coefficient (Wildman–Crippen LogP) is 23.8. The minimum Gasteiger partial charge on any atom is -0.311 e. The Morgan fingerprint density at radius 2 is 0.620 bits per heavy atom. The highest BCUT2D eigenvalue weighted by Gasteiger charge is 2.47. The second-order valence-electron chi connectivity index (χ2n) is 29.5. The first kappa shape index (κ1) is 65.1. The van der Waals surface area contributed by atoms with Crippen molar-refractivity contribution >= 4 is 138 Å². The van der Waals surface area contributed by atoms with Crippen molar-refractivity contribution in [1.29, 1.82) is 0 Å². The molecule has 4 aliphatic rings. The summed E-state index contributed by atoms with van der Waals surface area (Å²) in [7, 11) is 0. The van der Waals surface area contributed by atoms with Gasteiger partial charge in [0.05, 0.1) is 11.4 Å². The Morgan fingerprint density at radius 3 is 1.11 bits per heavy atom. The summed E-state index contributed by atoms with van der Waals surface area (Å²) in [5, 5.41) is 0. The van der Waals surface area contributed by atoms with Crippen LogP contribution in [0.1, 0.15) is 26.3 Å². The van der Waals surface area contributed by atoms with Crippen LogP contribution in [0, 0.1) is 0 Å². The van der Waals surface area contributed by atoms with E-state index in [1.54, 1.807) is 0 Å². The average molecular weight is 1420 g/mol. The standard InChI is InChI=1S/C100H72B2N4S2/c1-100(2,3)76-51-41-75(42-52-76)84-35-19-22-38-89(84)106-91-66-95-88(102-86-37-21-24-40-94(86)107-96-63-83(64-97(108-95)99(96)102)104(80-57-47-73(48-58-80)69-29-13-6-14-30-69)81-59-49-74(50-60-81)70-31-15-7-16-32-70)65-87(91)101-85-36-20-23-39-90(85)105(77-33-17-8-18-34-77)92-61-82(62-93(106)98(92)101)103(78-53-43-71(44-54-78)67-25-9-4-10-26-67)79-55-45-72(46-56-79)68-27-11-5-12-28-68/h4-66H,1-3H3. The van der Waals surface area contributed by atoms with Gasteiger partial charge < -0.3 is 19.6 Å². The summed E-state index contributed by atoms with van der Waals surface area (Å²) in [6.07, 6.45) is 0. The molecule has 0 saturated heterocycles. The Morgan fingerprint density at radius 1 is 0.241 bits per heavy atom. The molecule has 0 amide bonds. The van der Waals surface area contributed by atoms with Crippen LogP contribution < -0.4 is 52.4 Å².